The lowest BCUT2D eigenvalue weighted by molar-refractivity contribution is 0.103. The third-order valence-corrected chi connectivity index (χ3v) is 2.58. The van der Waals surface area contributed by atoms with Crippen molar-refractivity contribution in [1.82, 2.24) is 9.55 Å². The first kappa shape index (κ1) is 12.1. The fourth-order valence-electron chi connectivity index (χ4n) is 1.56. The fraction of sp³-hybridized carbons (Fsp3) is 0.143. The minimum absolute atomic E-state index is 0.113. The van der Waals surface area contributed by atoms with Gasteiger partial charge in [-0.1, -0.05) is 18.2 Å². The van der Waals surface area contributed by atoms with Crippen molar-refractivity contribution < 1.29 is 9.53 Å². The third kappa shape index (κ3) is 2.66. The van der Waals surface area contributed by atoms with E-state index in [1.54, 1.807) is 37.2 Å². The van der Waals surface area contributed by atoms with Gasteiger partial charge in [-0.3, -0.25) is 4.79 Å². The van der Waals surface area contributed by atoms with Gasteiger partial charge in [0.2, 0.25) is 5.78 Å². The van der Waals surface area contributed by atoms with Crippen LogP contribution in [0.15, 0.2) is 42.7 Å². The Morgan fingerprint density at radius 2 is 2.06 bits per heavy atom. The Morgan fingerprint density at radius 3 is 2.61 bits per heavy atom. The SMILES string of the molecule is COc1ccc(/C=C/C(=O)c2nccn2C)cc1. The number of imidazole rings is 1. The molecule has 1 aromatic heterocycles. The minimum atomic E-state index is -0.113. The van der Waals surface area contributed by atoms with Crippen LogP contribution in [-0.4, -0.2) is 22.4 Å². The second kappa shape index (κ2) is 5.31. The molecule has 0 spiro atoms. The molecular weight excluding hydrogens is 228 g/mol. The molecule has 0 radical (unpaired) electrons. The van der Waals surface area contributed by atoms with Crippen molar-refractivity contribution >= 4 is 11.9 Å². The van der Waals surface area contributed by atoms with Crippen LogP contribution in [0.4, 0.5) is 0 Å². The zero-order valence-corrected chi connectivity index (χ0v) is 10.3. The van der Waals surface area contributed by atoms with Crippen LogP contribution in [0.25, 0.3) is 6.08 Å². The summed E-state index contributed by atoms with van der Waals surface area (Å²) in [6.45, 7) is 0. The lowest BCUT2D eigenvalue weighted by atomic mass is 10.2. The standard InChI is InChI=1S/C14H14N2O2/c1-16-10-9-15-14(16)13(17)8-5-11-3-6-12(18-2)7-4-11/h3-10H,1-2H3/b8-5+. The summed E-state index contributed by atoms with van der Waals surface area (Å²) in [6.07, 6.45) is 6.63. The molecular formula is C14H14N2O2. The van der Waals surface area contributed by atoms with Gasteiger partial charge in [-0.15, -0.1) is 0 Å². The molecule has 0 atom stereocenters. The van der Waals surface area contributed by atoms with Gasteiger partial charge in [0.1, 0.15) is 5.75 Å². The summed E-state index contributed by atoms with van der Waals surface area (Å²) in [5.74, 6) is 1.11. The molecule has 1 aromatic carbocycles. The Labute approximate surface area is 106 Å². The molecule has 92 valence electrons. The Kier molecular flexibility index (Phi) is 3.57. The summed E-state index contributed by atoms with van der Waals surface area (Å²) in [7, 11) is 3.41. The minimum Gasteiger partial charge on any atom is -0.497 e. The molecule has 0 saturated heterocycles. The second-order valence-electron chi connectivity index (χ2n) is 3.83. The van der Waals surface area contributed by atoms with Crippen LogP contribution in [0, 0.1) is 0 Å². The van der Waals surface area contributed by atoms with Crippen molar-refractivity contribution in [1.29, 1.82) is 0 Å². The van der Waals surface area contributed by atoms with E-state index in [0.29, 0.717) is 5.82 Å². The highest BCUT2D eigenvalue weighted by Gasteiger charge is 2.06. The van der Waals surface area contributed by atoms with Crippen molar-refractivity contribution in [3.63, 3.8) is 0 Å². The normalized spacial score (nSPS) is 10.8. The van der Waals surface area contributed by atoms with Crippen LogP contribution in [0.1, 0.15) is 16.2 Å². The quantitative estimate of drug-likeness (QED) is 0.610. The Morgan fingerprint density at radius 1 is 1.33 bits per heavy atom. The number of hydrogen-bond acceptors (Lipinski definition) is 3. The number of carbonyl (C=O) groups is 1. The summed E-state index contributed by atoms with van der Waals surface area (Å²) in [5.41, 5.74) is 0.943. The van der Waals surface area contributed by atoms with Crippen LogP contribution < -0.4 is 4.74 Å². The molecule has 4 heteroatoms. The first-order chi connectivity index (χ1) is 8.70. The molecule has 0 aliphatic carbocycles. The molecule has 4 nitrogen and oxygen atoms in total. The van der Waals surface area contributed by atoms with Crippen LogP contribution in [0.2, 0.25) is 0 Å². The van der Waals surface area contributed by atoms with Gasteiger partial charge in [-0.25, -0.2) is 4.98 Å². The highest BCUT2D eigenvalue weighted by molar-refractivity contribution is 6.04. The summed E-state index contributed by atoms with van der Waals surface area (Å²) in [6, 6.07) is 7.48. The summed E-state index contributed by atoms with van der Waals surface area (Å²) in [5, 5.41) is 0. The Balaban J connectivity index is 2.11. The van der Waals surface area contributed by atoms with Crippen molar-refractivity contribution in [2.45, 2.75) is 0 Å². The maximum atomic E-state index is 11.8. The van der Waals surface area contributed by atoms with Crippen molar-refractivity contribution in [3.05, 3.63) is 54.1 Å². The number of aryl methyl sites for hydroxylation is 1. The average molecular weight is 242 g/mol. The van der Waals surface area contributed by atoms with E-state index in [1.165, 1.54) is 6.08 Å². The number of nitrogens with zero attached hydrogens (tertiary/aromatic N) is 2. The van der Waals surface area contributed by atoms with Crippen LogP contribution in [0.3, 0.4) is 0 Å². The van der Waals surface area contributed by atoms with E-state index < -0.39 is 0 Å². The fourth-order valence-corrected chi connectivity index (χ4v) is 1.56. The van der Waals surface area contributed by atoms with Gasteiger partial charge in [0, 0.05) is 19.4 Å². The van der Waals surface area contributed by atoms with Gasteiger partial charge in [-0.2, -0.15) is 0 Å². The van der Waals surface area contributed by atoms with E-state index in [2.05, 4.69) is 4.98 Å². The van der Waals surface area contributed by atoms with Gasteiger partial charge < -0.3 is 9.30 Å². The van der Waals surface area contributed by atoms with E-state index >= 15 is 0 Å². The maximum Gasteiger partial charge on any atom is 0.221 e. The Bertz CT molecular complexity index is 568. The van der Waals surface area contributed by atoms with E-state index in [9.17, 15) is 4.79 Å². The smallest absolute Gasteiger partial charge is 0.221 e. The molecule has 0 unspecified atom stereocenters. The molecule has 18 heavy (non-hydrogen) atoms. The van der Waals surface area contributed by atoms with E-state index in [4.69, 9.17) is 4.74 Å². The molecule has 0 amide bonds. The van der Waals surface area contributed by atoms with Gasteiger partial charge in [0.05, 0.1) is 7.11 Å². The molecule has 0 fully saturated rings. The Hall–Kier alpha value is -2.36. The highest BCUT2D eigenvalue weighted by atomic mass is 16.5. The average Bonchev–Trinajstić information content (AvgIpc) is 2.83. The number of aromatic nitrogens is 2. The lowest BCUT2D eigenvalue weighted by Gasteiger charge is -1.99. The van der Waals surface area contributed by atoms with Crippen LogP contribution in [0.5, 0.6) is 5.75 Å². The zero-order valence-electron chi connectivity index (χ0n) is 10.3. The highest BCUT2D eigenvalue weighted by Crippen LogP contribution is 2.12. The van der Waals surface area contributed by atoms with Gasteiger partial charge >= 0.3 is 0 Å². The molecule has 0 aliphatic heterocycles. The number of benzene rings is 1. The molecule has 2 rings (SSSR count). The van der Waals surface area contributed by atoms with Crippen molar-refractivity contribution in [3.8, 4) is 5.75 Å². The number of rotatable bonds is 4. The van der Waals surface area contributed by atoms with Gasteiger partial charge in [0.25, 0.3) is 0 Å². The zero-order chi connectivity index (χ0) is 13.0. The number of methoxy groups -OCH3 is 1. The topological polar surface area (TPSA) is 44.1 Å². The van der Waals surface area contributed by atoms with Crippen molar-refractivity contribution in [2.75, 3.05) is 7.11 Å². The molecule has 0 saturated carbocycles. The largest absolute Gasteiger partial charge is 0.497 e. The number of carbonyl (C=O) groups excluding carboxylic acids is 1. The molecule has 0 bridgehead atoms. The van der Waals surface area contributed by atoms with Gasteiger partial charge in [-0.05, 0) is 23.8 Å². The van der Waals surface area contributed by atoms with E-state index in [-0.39, 0.29) is 5.78 Å². The third-order valence-electron chi connectivity index (χ3n) is 2.58. The summed E-state index contributed by atoms with van der Waals surface area (Å²) >= 11 is 0. The molecule has 1 heterocycles. The molecule has 0 aliphatic rings. The number of ketones is 1. The van der Waals surface area contributed by atoms with Crippen LogP contribution >= 0.6 is 0 Å². The second-order valence-corrected chi connectivity index (χ2v) is 3.83. The maximum absolute atomic E-state index is 11.8. The summed E-state index contributed by atoms with van der Waals surface area (Å²) < 4.78 is 6.76. The van der Waals surface area contributed by atoms with Crippen LogP contribution in [-0.2, 0) is 7.05 Å². The number of ether oxygens (including phenoxy) is 1. The van der Waals surface area contributed by atoms with Crippen molar-refractivity contribution in [2.24, 2.45) is 7.05 Å². The van der Waals surface area contributed by atoms with Gasteiger partial charge in [0.15, 0.2) is 5.82 Å². The van der Waals surface area contributed by atoms with E-state index in [1.807, 2.05) is 24.3 Å². The first-order valence-corrected chi connectivity index (χ1v) is 5.54. The molecule has 0 N–H and O–H groups in total. The number of hydrogen-bond donors (Lipinski definition) is 0. The summed E-state index contributed by atoms with van der Waals surface area (Å²) in [4.78, 5) is 15.8. The number of allylic oxidation sites excluding steroid dienone is 1. The lowest BCUT2D eigenvalue weighted by Crippen LogP contribution is -2.03. The molecule has 2 aromatic rings. The predicted octanol–water partition coefficient (Wildman–Crippen LogP) is 2.32. The predicted molar refractivity (Wildman–Crippen MR) is 69.6 cm³/mol. The monoisotopic (exact) mass is 242 g/mol. The first-order valence-electron chi connectivity index (χ1n) is 5.54. The van der Waals surface area contributed by atoms with E-state index in [0.717, 1.165) is 11.3 Å².